The second-order valence-electron chi connectivity index (χ2n) is 3.33. The summed E-state index contributed by atoms with van der Waals surface area (Å²) >= 11 is 0. The minimum absolute atomic E-state index is 0.462. The average Bonchev–Trinajstić information content (AvgIpc) is 2.15. The SMILES string of the molecule is C/C=C/CN1CCCC(OC)C1. The number of likely N-dealkylation sites (tertiary alicyclic amines) is 1. The summed E-state index contributed by atoms with van der Waals surface area (Å²) in [5.74, 6) is 0. The van der Waals surface area contributed by atoms with Crippen molar-refractivity contribution in [2.45, 2.75) is 25.9 Å². The molecule has 12 heavy (non-hydrogen) atoms. The summed E-state index contributed by atoms with van der Waals surface area (Å²) in [6.07, 6.45) is 7.27. The van der Waals surface area contributed by atoms with Gasteiger partial charge in [0.25, 0.3) is 0 Å². The van der Waals surface area contributed by atoms with Crippen LogP contribution in [0.5, 0.6) is 0 Å². The van der Waals surface area contributed by atoms with Gasteiger partial charge in [-0.2, -0.15) is 0 Å². The summed E-state index contributed by atoms with van der Waals surface area (Å²) < 4.78 is 5.34. The number of methoxy groups -OCH3 is 1. The molecular weight excluding hydrogens is 150 g/mol. The molecule has 1 unspecified atom stereocenters. The Kier molecular flexibility index (Phi) is 4.33. The minimum Gasteiger partial charge on any atom is -0.380 e. The van der Waals surface area contributed by atoms with Crippen LogP contribution in [0.2, 0.25) is 0 Å². The van der Waals surface area contributed by atoms with Gasteiger partial charge in [-0.3, -0.25) is 4.90 Å². The quantitative estimate of drug-likeness (QED) is 0.596. The Morgan fingerprint density at radius 1 is 1.58 bits per heavy atom. The van der Waals surface area contributed by atoms with Crippen molar-refractivity contribution in [1.29, 1.82) is 0 Å². The lowest BCUT2D eigenvalue weighted by Crippen LogP contribution is -2.39. The zero-order valence-electron chi connectivity index (χ0n) is 8.12. The Labute approximate surface area is 75.2 Å². The van der Waals surface area contributed by atoms with Crippen LogP contribution in [0.1, 0.15) is 19.8 Å². The molecule has 0 radical (unpaired) electrons. The second-order valence-corrected chi connectivity index (χ2v) is 3.33. The van der Waals surface area contributed by atoms with Crippen molar-refractivity contribution in [1.82, 2.24) is 4.90 Å². The lowest BCUT2D eigenvalue weighted by Gasteiger charge is -2.30. The zero-order chi connectivity index (χ0) is 8.81. The Morgan fingerprint density at radius 3 is 3.08 bits per heavy atom. The van der Waals surface area contributed by atoms with E-state index in [1.807, 2.05) is 7.11 Å². The molecule has 70 valence electrons. The molecule has 0 aromatic carbocycles. The van der Waals surface area contributed by atoms with E-state index < -0.39 is 0 Å². The van der Waals surface area contributed by atoms with Gasteiger partial charge in [-0.1, -0.05) is 12.2 Å². The summed E-state index contributed by atoms with van der Waals surface area (Å²) in [5, 5.41) is 0. The van der Waals surface area contributed by atoms with E-state index in [2.05, 4.69) is 24.0 Å². The molecule has 1 aliphatic rings. The van der Waals surface area contributed by atoms with Crippen molar-refractivity contribution in [3.8, 4) is 0 Å². The topological polar surface area (TPSA) is 12.5 Å². The largest absolute Gasteiger partial charge is 0.380 e. The van der Waals surface area contributed by atoms with Crippen molar-refractivity contribution >= 4 is 0 Å². The average molecular weight is 169 g/mol. The molecule has 0 aromatic heterocycles. The molecule has 0 N–H and O–H groups in total. The molecule has 0 aliphatic carbocycles. The highest BCUT2D eigenvalue weighted by molar-refractivity contribution is 4.84. The van der Waals surface area contributed by atoms with E-state index >= 15 is 0 Å². The van der Waals surface area contributed by atoms with Crippen LogP contribution in [-0.2, 0) is 4.74 Å². The van der Waals surface area contributed by atoms with Crippen molar-refractivity contribution in [3.05, 3.63) is 12.2 Å². The van der Waals surface area contributed by atoms with Crippen molar-refractivity contribution in [2.75, 3.05) is 26.7 Å². The second kappa shape index (κ2) is 5.33. The summed E-state index contributed by atoms with van der Waals surface area (Å²) in [6, 6.07) is 0. The number of allylic oxidation sites excluding steroid dienone is 1. The van der Waals surface area contributed by atoms with Gasteiger partial charge in [0.15, 0.2) is 0 Å². The maximum absolute atomic E-state index is 5.34. The number of ether oxygens (including phenoxy) is 1. The molecule has 1 heterocycles. The maximum Gasteiger partial charge on any atom is 0.0698 e. The van der Waals surface area contributed by atoms with Crippen LogP contribution in [0.4, 0.5) is 0 Å². The third-order valence-electron chi connectivity index (χ3n) is 2.39. The molecule has 0 spiro atoms. The molecule has 1 rings (SSSR count). The Hall–Kier alpha value is -0.340. The molecule has 1 atom stereocenters. The fourth-order valence-electron chi connectivity index (χ4n) is 1.63. The van der Waals surface area contributed by atoms with Gasteiger partial charge in [-0.25, -0.2) is 0 Å². The Bertz CT molecular complexity index is 145. The fourth-order valence-corrected chi connectivity index (χ4v) is 1.63. The lowest BCUT2D eigenvalue weighted by molar-refractivity contribution is 0.0356. The van der Waals surface area contributed by atoms with Crippen LogP contribution in [0.25, 0.3) is 0 Å². The highest BCUT2D eigenvalue weighted by Crippen LogP contribution is 2.11. The molecule has 1 saturated heterocycles. The zero-order valence-corrected chi connectivity index (χ0v) is 8.12. The molecular formula is C10H19NO. The van der Waals surface area contributed by atoms with Crippen LogP contribution in [-0.4, -0.2) is 37.7 Å². The van der Waals surface area contributed by atoms with Crippen LogP contribution < -0.4 is 0 Å². The number of hydrogen-bond acceptors (Lipinski definition) is 2. The molecule has 2 nitrogen and oxygen atoms in total. The first kappa shape index (κ1) is 9.75. The van der Waals surface area contributed by atoms with E-state index in [0.29, 0.717) is 6.10 Å². The first-order valence-corrected chi connectivity index (χ1v) is 4.73. The number of hydrogen-bond donors (Lipinski definition) is 0. The van der Waals surface area contributed by atoms with Gasteiger partial charge in [-0.15, -0.1) is 0 Å². The Morgan fingerprint density at radius 2 is 2.42 bits per heavy atom. The van der Waals surface area contributed by atoms with Gasteiger partial charge in [0, 0.05) is 20.2 Å². The van der Waals surface area contributed by atoms with Gasteiger partial charge in [0.2, 0.25) is 0 Å². The monoisotopic (exact) mass is 169 g/mol. The highest BCUT2D eigenvalue weighted by atomic mass is 16.5. The standard InChI is InChI=1S/C10H19NO/c1-3-4-7-11-8-5-6-10(9-11)12-2/h3-4,10H,5-9H2,1-2H3/b4-3+. The van der Waals surface area contributed by atoms with Gasteiger partial charge < -0.3 is 4.74 Å². The highest BCUT2D eigenvalue weighted by Gasteiger charge is 2.17. The van der Waals surface area contributed by atoms with E-state index in [9.17, 15) is 0 Å². The number of rotatable bonds is 3. The summed E-state index contributed by atoms with van der Waals surface area (Å²) in [6.45, 7) is 5.47. The van der Waals surface area contributed by atoms with E-state index in [4.69, 9.17) is 4.74 Å². The lowest BCUT2D eigenvalue weighted by atomic mass is 10.1. The van der Waals surface area contributed by atoms with Crippen molar-refractivity contribution in [3.63, 3.8) is 0 Å². The van der Waals surface area contributed by atoms with Gasteiger partial charge in [0.1, 0.15) is 0 Å². The molecule has 0 bridgehead atoms. The van der Waals surface area contributed by atoms with Crippen LogP contribution in [0.3, 0.4) is 0 Å². The third-order valence-corrected chi connectivity index (χ3v) is 2.39. The fraction of sp³-hybridized carbons (Fsp3) is 0.800. The predicted molar refractivity (Wildman–Crippen MR) is 51.3 cm³/mol. The van der Waals surface area contributed by atoms with Crippen LogP contribution >= 0.6 is 0 Å². The van der Waals surface area contributed by atoms with E-state index in [-0.39, 0.29) is 0 Å². The third kappa shape index (κ3) is 2.95. The maximum atomic E-state index is 5.34. The van der Waals surface area contributed by atoms with Gasteiger partial charge in [0.05, 0.1) is 6.10 Å². The summed E-state index contributed by atoms with van der Waals surface area (Å²) in [5.41, 5.74) is 0. The first-order valence-electron chi connectivity index (χ1n) is 4.73. The minimum atomic E-state index is 0.462. The molecule has 1 aliphatic heterocycles. The Balaban J connectivity index is 2.25. The number of nitrogens with zero attached hydrogens (tertiary/aromatic N) is 1. The normalized spacial score (nSPS) is 26.7. The molecule has 0 aromatic rings. The number of piperidine rings is 1. The molecule has 2 heteroatoms. The van der Waals surface area contributed by atoms with Crippen molar-refractivity contribution in [2.24, 2.45) is 0 Å². The van der Waals surface area contributed by atoms with Gasteiger partial charge in [-0.05, 0) is 26.3 Å². The van der Waals surface area contributed by atoms with E-state index in [0.717, 1.165) is 13.1 Å². The molecule has 1 fully saturated rings. The predicted octanol–water partition coefficient (Wildman–Crippen LogP) is 1.67. The van der Waals surface area contributed by atoms with Gasteiger partial charge >= 0.3 is 0 Å². The van der Waals surface area contributed by atoms with E-state index in [1.165, 1.54) is 19.4 Å². The van der Waals surface area contributed by atoms with E-state index in [1.54, 1.807) is 0 Å². The van der Waals surface area contributed by atoms with Crippen molar-refractivity contribution < 1.29 is 4.74 Å². The molecule has 0 saturated carbocycles. The smallest absolute Gasteiger partial charge is 0.0698 e. The first-order chi connectivity index (χ1) is 5.86. The summed E-state index contributed by atoms with van der Waals surface area (Å²) in [7, 11) is 1.81. The molecule has 0 amide bonds. The summed E-state index contributed by atoms with van der Waals surface area (Å²) in [4.78, 5) is 2.44. The van der Waals surface area contributed by atoms with Crippen LogP contribution in [0, 0.1) is 0 Å². The van der Waals surface area contributed by atoms with Crippen LogP contribution in [0.15, 0.2) is 12.2 Å².